The summed E-state index contributed by atoms with van der Waals surface area (Å²) in [4.78, 5) is 29.4. The van der Waals surface area contributed by atoms with E-state index in [-0.39, 0.29) is 0 Å². The van der Waals surface area contributed by atoms with Crippen LogP contribution in [0.15, 0.2) is 212 Å². The molecule has 63 heavy (non-hydrogen) atoms. The van der Waals surface area contributed by atoms with Crippen molar-refractivity contribution >= 4 is 27.5 Å². The van der Waals surface area contributed by atoms with Crippen molar-refractivity contribution in [2.24, 2.45) is 0 Å². The van der Waals surface area contributed by atoms with Gasteiger partial charge in [-0.1, -0.05) is 176 Å². The summed E-state index contributed by atoms with van der Waals surface area (Å²) in [5, 5.41) is 2.25. The Hall–Kier alpha value is -8.86. The van der Waals surface area contributed by atoms with Gasteiger partial charge in [0.15, 0.2) is 29.0 Å². The van der Waals surface area contributed by atoms with Crippen LogP contribution >= 0.6 is 0 Å². The van der Waals surface area contributed by atoms with E-state index in [9.17, 15) is 0 Å². The second kappa shape index (κ2) is 16.0. The predicted molar refractivity (Wildman–Crippen MR) is 254 cm³/mol. The van der Waals surface area contributed by atoms with Crippen molar-refractivity contribution in [3.05, 3.63) is 224 Å². The molecule has 3 aromatic heterocycles. The number of fused-ring (bicyclic) bond motifs is 3. The standard InChI is InChI=1S/C56H35N7/c1-57-44-30-26-37(27-31-44)42-28-32-46-45-24-14-15-25-50(45)63(52(46)35-42)51-33-29-43(56-61-54(40-20-10-4-11-21-40)60-55(62-56)41-22-12-5-13-23-41)34-47(51)49-36-48(38-16-6-2-7-17-38)58-53(59-49)39-18-8-3-9-19-39/h2-36H. The molecule has 0 aliphatic carbocycles. The monoisotopic (exact) mass is 805 g/mol. The highest BCUT2D eigenvalue weighted by Gasteiger charge is 2.21. The molecule has 11 aromatic rings. The highest BCUT2D eigenvalue weighted by Crippen LogP contribution is 2.40. The van der Waals surface area contributed by atoms with Gasteiger partial charge in [-0.3, -0.25) is 0 Å². The molecule has 3 heterocycles. The summed E-state index contributed by atoms with van der Waals surface area (Å²) < 4.78 is 2.34. The zero-order valence-electron chi connectivity index (χ0n) is 33.8. The molecule has 0 bridgehead atoms. The average molecular weight is 806 g/mol. The van der Waals surface area contributed by atoms with Crippen LogP contribution in [-0.4, -0.2) is 29.5 Å². The lowest BCUT2D eigenvalue weighted by Crippen LogP contribution is -2.03. The minimum absolute atomic E-state index is 0.545. The molecule has 0 spiro atoms. The maximum absolute atomic E-state index is 7.50. The molecule has 0 amide bonds. The minimum Gasteiger partial charge on any atom is -0.309 e. The highest BCUT2D eigenvalue weighted by molar-refractivity contribution is 6.11. The first kappa shape index (κ1) is 37.2. The zero-order chi connectivity index (χ0) is 42.1. The number of para-hydroxylation sites is 1. The van der Waals surface area contributed by atoms with E-state index in [1.54, 1.807) is 0 Å². The molecule has 0 aliphatic heterocycles. The lowest BCUT2D eigenvalue weighted by atomic mass is 10.0. The quantitative estimate of drug-likeness (QED) is 0.143. The third kappa shape index (κ3) is 7.08. The number of rotatable bonds is 8. The Morgan fingerprint density at radius 3 is 1.41 bits per heavy atom. The Morgan fingerprint density at radius 1 is 0.333 bits per heavy atom. The van der Waals surface area contributed by atoms with Gasteiger partial charge in [0, 0.05) is 44.2 Å². The van der Waals surface area contributed by atoms with Gasteiger partial charge in [0.2, 0.25) is 0 Å². The van der Waals surface area contributed by atoms with E-state index >= 15 is 0 Å². The first-order valence-corrected chi connectivity index (χ1v) is 20.7. The van der Waals surface area contributed by atoms with E-state index < -0.39 is 0 Å². The van der Waals surface area contributed by atoms with Crippen LogP contribution < -0.4 is 0 Å². The van der Waals surface area contributed by atoms with Gasteiger partial charge in [0.1, 0.15) is 0 Å². The molecular formula is C56H35N7. The molecule has 7 heteroatoms. The molecule has 8 aromatic carbocycles. The van der Waals surface area contributed by atoms with Gasteiger partial charge in [-0.25, -0.2) is 29.8 Å². The van der Waals surface area contributed by atoms with E-state index in [1.165, 1.54) is 0 Å². The van der Waals surface area contributed by atoms with Gasteiger partial charge < -0.3 is 4.57 Å². The topological polar surface area (TPSA) is 73.7 Å². The molecule has 0 atom stereocenters. The van der Waals surface area contributed by atoms with Crippen molar-refractivity contribution in [1.29, 1.82) is 0 Å². The first-order chi connectivity index (χ1) is 31.2. The van der Waals surface area contributed by atoms with E-state index in [1.807, 2.05) is 133 Å². The lowest BCUT2D eigenvalue weighted by Gasteiger charge is -2.17. The molecule has 0 aliphatic rings. The van der Waals surface area contributed by atoms with E-state index in [4.69, 9.17) is 31.5 Å². The van der Waals surface area contributed by atoms with Crippen LogP contribution in [0.5, 0.6) is 0 Å². The normalized spacial score (nSPS) is 11.2. The number of hydrogen-bond acceptors (Lipinski definition) is 5. The fraction of sp³-hybridized carbons (Fsp3) is 0. The van der Waals surface area contributed by atoms with Crippen LogP contribution in [-0.2, 0) is 0 Å². The Bertz CT molecular complexity index is 3370. The molecule has 0 saturated carbocycles. The number of benzene rings is 8. The minimum atomic E-state index is 0.545. The van der Waals surface area contributed by atoms with Crippen LogP contribution in [0.2, 0.25) is 0 Å². The molecule has 0 radical (unpaired) electrons. The number of aromatic nitrogens is 6. The molecule has 294 valence electrons. The van der Waals surface area contributed by atoms with E-state index in [0.29, 0.717) is 29.0 Å². The van der Waals surface area contributed by atoms with Crippen LogP contribution in [0.3, 0.4) is 0 Å². The maximum atomic E-state index is 7.50. The zero-order valence-corrected chi connectivity index (χ0v) is 33.8. The lowest BCUT2D eigenvalue weighted by molar-refractivity contribution is 1.07. The molecule has 0 fully saturated rings. The largest absolute Gasteiger partial charge is 0.309 e. The van der Waals surface area contributed by atoms with Crippen molar-refractivity contribution in [3.63, 3.8) is 0 Å². The second-order valence-electron chi connectivity index (χ2n) is 15.2. The molecule has 11 rings (SSSR count). The Morgan fingerprint density at radius 2 is 0.810 bits per heavy atom. The van der Waals surface area contributed by atoms with Crippen LogP contribution in [0, 0.1) is 6.57 Å². The first-order valence-electron chi connectivity index (χ1n) is 20.7. The summed E-state index contributed by atoms with van der Waals surface area (Å²) in [6.45, 7) is 7.50. The summed E-state index contributed by atoms with van der Waals surface area (Å²) >= 11 is 0. The third-order valence-electron chi connectivity index (χ3n) is 11.3. The van der Waals surface area contributed by atoms with Crippen LogP contribution in [0.1, 0.15) is 0 Å². The third-order valence-corrected chi connectivity index (χ3v) is 11.3. The SMILES string of the molecule is [C-]#[N+]c1ccc(-c2ccc3c4ccccc4n(-c4ccc(-c5nc(-c6ccccc6)nc(-c6ccccc6)n5)cc4-c4cc(-c5ccccc5)nc(-c5ccccc5)n4)c3c2)cc1. The summed E-state index contributed by atoms with van der Waals surface area (Å²) in [5.74, 6) is 2.34. The predicted octanol–water partition coefficient (Wildman–Crippen LogP) is 14.0. The van der Waals surface area contributed by atoms with E-state index in [2.05, 4.69) is 88.3 Å². The summed E-state index contributed by atoms with van der Waals surface area (Å²) in [6, 6.07) is 71.9. The second-order valence-corrected chi connectivity index (χ2v) is 15.2. The van der Waals surface area contributed by atoms with Crippen molar-refractivity contribution in [2.75, 3.05) is 0 Å². The highest BCUT2D eigenvalue weighted by atomic mass is 15.0. The van der Waals surface area contributed by atoms with Gasteiger partial charge in [-0.2, -0.15) is 0 Å². The summed E-state index contributed by atoms with van der Waals surface area (Å²) in [6.07, 6.45) is 0. The molecular weight excluding hydrogens is 771 g/mol. The fourth-order valence-electron chi connectivity index (χ4n) is 8.21. The number of hydrogen-bond donors (Lipinski definition) is 0. The average Bonchev–Trinajstić information content (AvgIpc) is 3.70. The van der Waals surface area contributed by atoms with Crippen LogP contribution in [0.4, 0.5) is 5.69 Å². The molecule has 7 nitrogen and oxygen atoms in total. The van der Waals surface area contributed by atoms with Gasteiger partial charge in [0.25, 0.3) is 0 Å². The summed E-state index contributed by atoms with van der Waals surface area (Å²) in [5.41, 5.74) is 12.7. The molecule has 0 N–H and O–H groups in total. The van der Waals surface area contributed by atoms with Gasteiger partial charge in [-0.15, -0.1) is 0 Å². The fourth-order valence-corrected chi connectivity index (χ4v) is 8.21. The Labute approximate surface area is 364 Å². The van der Waals surface area contributed by atoms with E-state index in [0.717, 1.165) is 83.4 Å². The van der Waals surface area contributed by atoms with Crippen molar-refractivity contribution in [3.8, 4) is 84.9 Å². The van der Waals surface area contributed by atoms with Gasteiger partial charge in [-0.05, 0) is 47.5 Å². The van der Waals surface area contributed by atoms with Crippen molar-refractivity contribution < 1.29 is 0 Å². The molecule has 0 unspecified atom stereocenters. The van der Waals surface area contributed by atoms with Crippen molar-refractivity contribution in [1.82, 2.24) is 29.5 Å². The Balaban J connectivity index is 1.20. The summed E-state index contributed by atoms with van der Waals surface area (Å²) in [7, 11) is 0. The van der Waals surface area contributed by atoms with Gasteiger partial charge in [0.05, 0.1) is 34.7 Å². The Kier molecular flexibility index (Phi) is 9.41. The van der Waals surface area contributed by atoms with Crippen LogP contribution in [0.25, 0.3) is 112 Å². The number of nitrogens with zero attached hydrogens (tertiary/aromatic N) is 7. The maximum Gasteiger partial charge on any atom is 0.187 e. The van der Waals surface area contributed by atoms with Gasteiger partial charge >= 0.3 is 0 Å². The van der Waals surface area contributed by atoms with Crippen molar-refractivity contribution in [2.45, 2.75) is 0 Å². The smallest absolute Gasteiger partial charge is 0.187 e. The molecule has 0 saturated heterocycles.